The number of anilines is 1. The fraction of sp³-hybridized carbons (Fsp3) is 0.214. The second-order valence-electron chi connectivity index (χ2n) is 9.33. The number of carbonyl (C=O) groups excluding carboxylic acids is 1. The number of aromatic nitrogens is 5. The van der Waals surface area contributed by atoms with Crippen LogP contribution in [0.2, 0.25) is 0 Å². The van der Waals surface area contributed by atoms with Crippen LogP contribution in [0.1, 0.15) is 46.9 Å². The molecule has 0 saturated heterocycles. The molecule has 0 fully saturated rings. The van der Waals surface area contributed by atoms with Crippen LogP contribution in [0.3, 0.4) is 0 Å². The van der Waals surface area contributed by atoms with Crippen LogP contribution in [0.4, 0.5) is 18.9 Å². The summed E-state index contributed by atoms with van der Waals surface area (Å²) < 4.78 is 49.4. The number of alkyl halides is 3. The molecule has 0 spiro atoms. The number of methoxy groups -OCH3 is 1. The van der Waals surface area contributed by atoms with E-state index in [1.54, 1.807) is 30.1 Å². The van der Waals surface area contributed by atoms with Crippen molar-refractivity contribution in [1.82, 2.24) is 24.4 Å². The summed E-state index contributed by atoms with van der Waals surface area (Å²) in [5.41, 5.74) is 1.63. The van der Waals surface area contributed by atoms with Gasteiger partial charge in [0.05, 0.1) is 37.4 Å². The van der Waals surface area contributed by atoms with E-state index < -0.39 is 17.8 Å². The molecule has 0 saturated carbocycles. The van der Waals surface area contributed by atoms with Crippen molar-refractivity contribution in [2.75, 3.05) is 12.4 Å². The minimum absolute atomic E-state index is 0.0887. The van der Waals surface area contributed by atoms with Crippen LogP contribution in [0.15, 0.2) is 73.2 Å². The first-order valence-corrected chi connectivity index (χ1v) is 12.2. The Hall–Kier alpha value is -4.67. The number of fused-ring (bicyclic) bond motifs is 1. The van der Waals surface area contributed by atoms with Crippen LogP contribution in [0.25, 0.3) is 16.9 Å². The van der Waals surface area contributed by atoms with Gasteiger partial charge in [-0.25, -0.2) is 9.50 Å². The number of amides is 1. The monoisotopic (exact) mass is 534 g/mol. The molecule has 1 N–H and O–H groups in total. The fourth-order valence-corrected chi connectivity index (χ4v) is 4.18. The summed E-state index contributed by atoms with van der Waals surface area (Å²) in [6.45, 7) is 4.49. The van der Waals surface area contributed by atoms with E-state index in [2.05, 4.69) is 20.5 Å². The largest absolute Gasteiger partial charge is 0.497 e. The van der Waals surface area contributed by atoms with Crippen LogP contribution in [0, 0.1) is 0 Å². The molecular weight excluding hydrogens is 509 g/mol. The lowest BCUT2D eigenvalue weighted by Gasteiger charge is -2.12. The Bertz CT molecular complexity index is 1640. The van der Waals surface area contributed by atoms with Crippen LogP contribution in [-0.2, 0) is 12.7 Å². The summed E-state index contributed by atoms with van der Waals surface area (Å²) in [5, 5.41) is 10.8. The van der Waals surface area contributed by atoms with Gasteiger partial charge in [-0.1, -0.05) is 50.2 Å². The Morgan fingerprint density at radius 2 is 1.82 bits per heavy atom. The molecule has 11 heteroatoms. The Labute approximate surface area is 222 Å². The summed E-state index contributed by atoms with van der Waals surface area (Å²) in [5.74, 6) is 0.325. The van der Waals surface area contributed by atoms with Gasteiger partial charge in [-0.2, -0.15) is 23.4 Å². The zero-order chi connectivity index (χ0) is 27.7. The number of carbonyl (C=O) groups is 1. The number of halogens is 3. The molecule has 2 aromatic carbocycles. The molecule has 0 unspecified atom stereocenters. The molecule has 200 valence electrons. The number of hydrogen-bond donors (Lipinski definition) is 1. The lowest BCUT2D eigenvalue weighted by Crippen LogP contribution is -2.15. The Morgan fingerprint density at radius 1 is 1.05 bits per heavy atom. The fourth-order valence-electron chi connectivity index (χ4n) is 4.18. The van der Waals surface area contributed by atoms with Crippen molar-refractivity contribution >= 4 is 17.2 Å². The van der Waals surface area contributed by atoms with Crippen molar-refractivity contribution in [1.29, 1.82) is 0 Å². The van der Waals surface area contributed by atoms with Crippen molar-refractivity contribution in [2.24, 2.45) is 0 Å². The quantitative estimate of drug-likeness (QED) is 0.275. The normalized spacial score (nSPS) is 11.8. The maximum absolute atomic E-state index is 14.0. The highest BCUT2D eigenvalue weighted by atomic mass is 19.4. The van der Waals surface area contributed by atoms with E-state index >= 15 is 0 Å². The van der Waals surface area contributed by atoms with E-state index in [-0.39, 0.29) is 22.8 Å². The standard InChI is InChI=1S/C28H25F3N6O2/c1-17(2)19-7-9-20(10-8-19)24-12-25(28(29,30)31)37-26(35-24)23(14-33-37)27(38)34-21-13-32-36(16-21)15-18-5-4-6-22(11-18)39-3/h4-14,16-17H,15H2,1-3H3,(H,34,38). The first-order chi connectivity index (χ1) is 18.6. The first kappa shape index (κ1) is 26.0. The molecule has 5 aromatic rings. The molecule has 5 rings (SSSR count). The second kappa shape index (κ2) is 10.2. The van der Waals surface area contributed by atoms with Crippen LogP contribution < -0.4 is 10.1 Å². The van der Waals surface area contributed by atoms with E-state index in [1.165, 1.54) is 6.20 Å². The highest BCUT2D eigenvalue weighted by molar-refractivity contribution is 6.08. The molecule has 8 nitrogen and oxygen atoms in total. The zero-order valence-corrected chi connectivity index (χ0v) is 21.4. The lowest BCUT2D eigenvalue weighted by atomic mass is 10.0. The van der Waals surface area contributed by atoms with Crippen molar-refractivity contribution in [3.05, 3.63) is 95.6 Å². The number of benzene rings is 2. The number of nitrogens with zero attached hydrogens (tertiary/aromatic N) is 5. The molecular formula is C28H25F3N6O2. The van der Waals surface area contributed by atoms with Gasteiger partial charge >= 0.3 is 6.18 Å². The number of hydrogen-bond acceptors (Lipinski definition) is 5. The minimum atomic E-state index is -4.71. The topological polar surface area (TPSA) is 86.3 Å². The molecule has 0 aliphatic carbocycles. The van der Waals surface area contributed by atoms with Crippen molar-refractivity contribution in [3.63, 3.8) is 0 Å². The molecule has 0 atom stereocenters. The Balaban J connectivity index is 1.44. The van der Waals surface area contributed by atoms with Crippen LogP contribution >= 0.6 is 0 Å². The van der Waals surface area contributed by atoms with E-state index in [4.69, 9.17) is 4.74 Å². The lowest BCUT2D eigenvalue weighted by molar-refractivity contribution is -0.142. The van der Waals surface area contributed by atoms with Crippen molar-refractivity contribution in [3.8, 4) is 17.0 Å². The van der Waals surface area contributed by atoms with Gasteiger partial charge in [0.25, 0.3) is 5.91 Å². The van der Waals surface area contributed by atoms with Gasteiger partial charge < -0.3 is 10.1 Å². The van der Waals surface area contributed by atoms with Crippen LogP contribution in [0.5, 0.6) is 5.75 Å². The second-order valence-corrected chi connectivity index (χ2v) is 9.33. The first-order valence-electron chi connectivity index (χ1n) is 12.2. The highest BCUT2D eigenvalue weighted by Crippen LogP contribution is 2.33. The van der Waals surface area contributed by atoms with Gasteiger partial charge in [0, 0.05) is 11.8 Å². The number of rotatable bonds is 7. The van der Waals surface area contributed by atoms with Crippen molar-refractivity contribution < 1.29 is 22.7 Å². The SMILES string of the molecule is COc1cccc(Cn2cc(NC(=O)c3cnn4c(C(F)(F)F)cc(-c5ccc(C(C)C)cc5)nc34)cn2)c1. The summed E-state index contributed by atoms with van der Waals surface area (Å²) in [6.07, 6.45) is -0.548. The molecule has 3 aromatic heterocycles. The third-order valence-electron chi connectivity index (χ3n) is 6.25. The van der Waals surface area contributed by atoms with Gasteiger partial charge in [0.15, 0.2) is 11.3 Å². The predicted molar refractivity (Wildman–Crippen MR) is 140 cm³/mol. The summed E-state index contributed by atoms with van der Waals surface area (Å²) in [4.78, 5) is 17.5. The van der Waals surface area contributed by atoms with Gasteiger partial charge in [-0.3, -0.25) is 9.48 Å². The predicted octanol–water partition coefficient (Wildman–Crippen LogP) is 6.04. The van der Waals surface area contributed by atoms with Gasteiger partial charge in [0.2, 0.25) is 0 Å². The van der Waals surface area contributed by atoms with Crippen molar-refractivity contribution in [2.45, 2.75) is 32.5 Å². The van der Waals surface area contributed by atoms with E-state index in [9.17, 15) is 18.0 Å². The Kier molecular flexibility index (Phi) is 6.81. The third kappa shape index (κ3) is 5.47. The molecule has 3 heterocycles. The van der Waals surface area contributed by atoms with E-state index in [1.807, 2.05) is 50.2 Å². The number of nitrogens with one attached hydrogen (secondary N) is 1. The third-order valence-corrected chi connectivity index (χ3v) is 6.25. The Morgan fingerprint density at radius 3 is 2.51 bits per heavy atom. The van der Waals surface area contributed by atoms with Gasteiger partial charge in [-0.15, -0.1) is 0 Å². The highest BCUT2D eigenvalue weighted by Gasteiger charge is 2.36. The summed E-state index contributed by atoms with van der Waals surface area (Å²) >= 11 is 0. The average molecular weight is 535 g/mol. The zero-order valence-electron chi connectivity index (χ0n) is 21.4. The van der Waals surface area contributed by atoms with E-state index in [0.29, 0.717) is 28.1 Å². The average Bonchev–Trinajstić information content (AvgIpc) is 3.54. The maximum atomic E-state index is 14.0. The number of ether oxygens (including phenoxy) is 1. The summed E-state index contributed by atoms with van der Waals surface area (Å²) in [6, 6.07) is 15.6. The summed E-state index contributed by atoms with van der Waals surface area (Å²) in [7, 11) is 1.58. The molecule has 39 heavy (non-hydrogen) atoms. The minimum Gasteiger partial charge on any atom is -0.497 e. The molecule has 0 aliphatic heterocycles. The van der Waals surface area contributed by atoms with Crippen LogP contribution in [-0.4, -0.2) is 37.4 Å². The molecule has 1 amide bonds. The van der Waals surface area contributed by atoms with E-state index in [0.717, 1.165) is 23.4 Å². The maximum Gasteiger partial charge on any atom is 0.433 e. The molecule has 0 aliphatic rings. The van der Waals surface area contributed by atoms with Gasteiger partial charge in [-0.05, 0) is 35.2 Å². The molecule has 0 bridgehead atoms. The van der Waals surface area contributed by atoms with Gasteiger partial charge in [0.1, 0.15) is 11.3 Å². The molecule has 0 radical (unpaired) electrons. The smallest absolute Gasteiger partial charge is 0.433 e.